The quantitative estimate of drug-likeness (QED) is 0.166. The van der Waals surface area contributed by atoms with E-state index in [9.17, 15) is 0 Å². The van der Waals surface area contributed by atoms with Crippen LogP contribution in [0.15, 0.2) is 164 Å². The molecular formula is C57H36B2N4. The van der Waals surface area contributed by atoms with Gasteiger partial charge < -0.3 is 18.8 Å². The maximum Gasteiger partial charge on any atom is 0.333 e. The molecule has 0 saturated heterocycles. The molecular weight excluding hydrogens is 762 g/mol. The second kappa shape index (κ2) is 11.0. The number of aryl methyl sites for hydroxylation is 3. The molecule has 0 saturated carbocycles. The minimum Gasteiger partial charge on any atom is -0.375 e. The van der Waals surface area contributed by atoms with Crippen LogP contribution in [-0.2, 0) is 0 Å². The van der Waals surface area contributed by atoms with Crippen LogP contribution < -0.4 is 31.7 Å². The van der Waals surface area contributed by atoms with Crippen LogP contribution in [0.4, 0.5) is 34.1 Å². The van der Waals surface area contributed by atoms with Crippen molar-refractivity contribution in [1.29, 1.82) is 0 Å². The molecule has 0 atom stereocenters. The Morgan fingerprint density at radius 3 is 1.79 bits per heavy atom. The molecule has 0 fully saturated rings. The lowest BCUT2D eigenvalue weighted by Crippen LogP contribution is -2.64. The van der Waals surface area contributed by atoms with Gasteiger partial charge in [-0.05, 0) is 131 Å². The number of hydrogen-bond acceptors (Lipinski definition) is 2. The molecule has 0 N–H and O–H groups in total. The van der Waals surface area contributed by atoms with Crippen LogP contribution in [0.25, 0.3) is 77.0 Å². The average Bonchev–Trinajstić information content (AvgIpc) is 3.83. The van der Waals surface area contributed by atoms with E-state index in [1.54, 1.807) is 0 Å². The summed E-state index contributed by atoms with van der Waals surface area (Å²) >= 11 is 0. The Labute approximate surface area is 365 Å². The van der Waals surface area contributed by atoms with Crippen LogP contribution in [-0.4, -0.2) is 22.7 Å². The molecule has 290 valence electrons. The number of hydrogen-bond donors (Lipinski definition) is 0. The molecule has 16 rings (SSSR count). The zero-order valence-electron chi connectivity index (χ0n) is 35.0. The van der Waals surface area contributed by atoms with E-state index in [2.05, 4.69) is 203 Å². The summed E-state index contributed by atoms with van der Waals surface area (Å²) in [6.07, 6.45) is 0. The minimum absolute atomic E-state index is 0.0318. The average molecular weight is 799 g/mol. The SMILES string of the molecule is Cc1cc(C)c(-c2ccc3c(c2)N(c2ccccc2)c2cc4c5c6c2B3n2c3ccccc3c3cc7c8cccc9c8n(c7c-6c32)B5c2c-9cccc2N4c2ccccc2)c(C)c1. The van der Waals surface area contributed by atoms with Gasteiger partial charge in [0.05, 0.1) is 0 Å². The van der Waals surface area contributed by atoms with E-state index in [4.69, 9.17) is 0 Å². The summed E-state index contributed by atoms with van der Waals surface area (Å²) < 4.78 is 5.51. The van der Waals surface area contributed by atoms with Crippen LogP contribution in [0.5, 0.6) is 0 Å². The largest absolute Gasteiger partial charge is 0.375 e. The van der Waals surface area contributed by atoms with Gasteiger partial charge in [0.2, 0.25) is 0 Å². The maximum absolute atomic E-state index is 2.77. The van der Waals surface area contributed by atoms with E-state index in [-0.39, 0.29) is 13.7 Å². The number of aromatic nitrogens is 2. The second-order valence-electron chi connectivity index (χ2n) is 18.6. The van der Waals surface area contributed by atoms with Crippen molar-refractivity contribution in [2.75, 3.05) is 9.80 Å². The Bertz CT molecular complexity index is 3950. The summed E-state index contributed by atoms with van der Waals surface area (Å²) in [5.74, 6) is 0. The summed E-state index contributed by atoms with van der Waals surface area (Å²) in [5.41, 5.74) is 30.2. The summed E-state index contributed by atoms with van der Waals surface area (Å²) in [5, 5.41) is 5.34. The maximum atomic E-state index is 2.77. The van der Waals surface area contributed by atoms with Gasteiger partial charge in [0, 0.05) is 88.9 Å². The fourth-order valence-electron chi connectivity index (χ4n) is 13.4. The molecule has 0 unspecified atom stereocenters. The molecule has 0 radical (unpaired) electrons. The van der Waals surface area contributed by atoms with Gasteiger partial charge in [-0.3, -0.25) is 0 Å². The first-order valence-electron chi connectivity index (χ1n) is 22.3. The monoisotopic (exact) mass is 798 g/mol. The third-order valence-corrected chi connectivity index (χ3v) is 15.4. The van der Waals surface area contributed by atoms with Crippen LogP contribution in [0.3, 0.4) is 0 Å². The lowest BCUT2D eigenvalue weighted by atomic mass is 9.38. The lowest BCUT2D eigenvalue weighted by Gasteiger charge is -2.48. The van der Waals surface area contributed by atoms with Crippen molar-refractivity contribution >= 4 is 113 Å². The van der Waals surface area contributed by atoms with Crippen molar-refractivity contribution in [3.05, 3.63) is 180 Å². The van der Waals surface area contributed by atoms with E-state index in [1.807, 2.05) is 0 Å². The fraction of sp³-hybridized carbons (Fsp3) is 0.0526. The Balaban J connectivity index is 1.16. The Morgan fingerprint density at radius 1 is 0.381 bits per heavy atom. The predicted molar refractivity (Wildman–Crippen MR) is 267 cm³/mol. The zero-order chi connectivity index (χ0) is 41.1. The number of fused-ring (bicyclic) bond motifs is 8. The number of anilines is 6. The predicted octanol–water partition coefficient (Wildman–Crippen LogP) is 11.6. The minimum atomic E-state index is -0.0474. The van der Waals surface area contributed by atoms with Crippen LogP contribution in [0, 0.1) is 20.8 Å². The Hall–Kier alpha value is -7.69. The summed E-state index contributed by atoms with van der Waals surface area (Å²) in [6, 6.07) is 62.7. The third-order valence-electron chi connectivity index (χ3n) is 15.4. The van der Waals surface area contributed by atoms with Gasteiger partial charge in [0.15, 0.2) is 0 Å². The standard InChI is InChI=1S/C57H36B2N4/c1-31-26-32(2)49(33(3)27-31)34-24-25-43-46(28-34)61(36-16-8-5-9-17-36)47-30-48-54-50-51-56-41(37-18-10-11-22-44(37)62(56)58(43)53(47)50)29-42-40-21-12-20-39-38-19-13-23-45(60(48)35-14-6-4-7-15-35)52(38)59(54)63(55(39)40)57(42)51/h4-30H,1-3H3. The van der Waals surface area contributed by atoms with Crippen molar-refractivity contribution in [2.45, 2.75) is 20.8 Å². The first-order valence-corrected chi connectivity index (χ1v) is 22.3. The first-order chi connectivity index (χ1) is 31.0. The zero-order valence-corrected chi connectivity index (χ0v) is 35.0. The molecule has 9 aromatic carbocycles. The summed E-state index contributed by atoms with van der Waals surface area (Å²) in [7, 11) is 0. The summed E-state index contributed by atoms with van der Waals surface area (Å²) in [6.45, 7) is 6.73. The van der Waals surface area contributed by atoms with E-state index in [0.717, 1.165) is 0 Å². The fourth-order valence-corrected chi connectivity index (χ4v) is 13.4. The Morgan fingerprint density at radius 2 is 1.02 bits per heavy atom. The highest BCUT2D eigenvalue weighted by atomic mass is 15.2. The van der Waals surface area contributed by atoms with E-state index >= 15 is 0 Å². The van der Waals surface area contributed by atoms with Crippen molar-refractivity contribution in [1.82, 2.24) is 8.96 Å². The molecule has 5 aliphatic rings. The van der Waals surface area contributed by atoms with E-state index in [1.165, 1.54) is 150 Å². The first kappa shape index (κ1) is 33.0. The smallest absolute Gasteiger partial charge is 0.333 e. The molecule has 0 spiro atoms. The molecule has 6 heteroatoms. The number of benzene rings is 9. The lowest BCUT2D eigenvalue weighted by molar-refractivity contribution is 1.21. The van der Waals surface area contributed by atoms with Crippen molar-refractivity contribution in [3.8, 4) is 33.4 Å². The van der Waals surface area contributed by atoms with Gasteiger partial charge >= 0.3 is 13.7 Å². The second-order valence-corrected chi connectivity index (χ2v) is 18.6. The molecule has 0 bridgehead atoms. The molecule has 0 aliphatic carbocycles. The highest BCUT2D eigenvalue weighted by Gasteiger charge is 2.53. The molecule has 63 heavy (non-hydrogen) atoms. The highest BCUT2D eigenvalue weighted by molar-refractivity contribution is 6.96. The van der Waals surface area contributed by atoms with Gasteiger partial charge in [-0.25, -0.2) is 0 Å². The highest BCUT2D eigenvalue weighted by Crippen LogP contribution is 2.56. The van der Waals surface area contributed by atoms with Crippen LogP contribution >= 0.6 is 0 Å². The van der Waals surface area contributed by atoms with Crippen LogP contribution in [0.2, 0.25) is 0 Å². The van der Waals surface area contributed by atoms with Gasteiger partial charge in [0.1, 0.15) is 0 Å². The Kier molecular flexibility index (Phi) is 5.78. The topological polar surface area (TPSA) is 16.3 Å². The van der Waals surface area contributed by atoms with Crippen molar-refractivity contribution in [3.63, 3.8) is 0 Å². The van der Waals surface area contributed by atoms with Crippen LogP contribution in [0.1, 0.15) is 16.7 Å². The van der Waals surface area contributed by atoms with Gasteiger partial charge in [-0.15, -0.1) is 0 Å². The third kappa shape index (κ3) is 3.70. The molecule has 7 heterocycles. The molecule has 5 aliphatic heterocycles. The van der Waals surface area contributed by atoms with Gasteiger partial charge in [-0.1, -0.05) is 115 Å². The van der Waals surface area contributed by atoms with Crippen molar-refractivity contribution in [2.24, 2.45) is 0 Å². The number of para-hydroxylation sites is 4. The van der Waals surface area contributed by atoms with Gasteiger partial charge in [-0.2, -0.15) is 0 Å². The number of rotatable bonds is 3. The number of nitrogens with zero attached hydrogens (tertiary/aromatic N) is 4. The molecule has 2 aromatic heterocycles. The van der Waals surface area contributed by atoms with Crippen molar-refractivity contribution < 1.29 is 0 Å². The normalized spacial score (nSPS) is 14.1. The molecule has 4 nitrogen and oxygen atoms in total. The van der Waals surface area contributed by atoms with E-state index < -0.39 is 0 Å². The van der Waals surface area contributed by atoms with E-state index in [0.29, 0.717) is 0 Å². The summed E-state index contributed by atoms with van der Waals surface area (Å²) in [4.78, 5) is 5.19. The molecule has 11 aromatic rings. The molecule has 0 amide bonds. The van der Waals surface area contributed by atoms with Gasteiger partial charge in [0.25, 0.3) is 0 Å².